The van der Waals surface area contributed by atoms with Crippen molar-refractivity contribution in [2.45, 2.75) is 6.61 Å². The number of hydrogen-bond donors (Lipinski definition) is 1. The summed E-state index contributed by atoms with van der Waals surface area (Å²) in [5.74, 6) is 1.58. The first kappa shape index (κ1) is 19.4. The first-order chi connectivity index (χ1) is 13.5. The second kappa shape index (κ2) is 8.58. The summed E-state index contributed by atoms with van der Waals surface area (Å²) < 4.78 is 12.7. The van der Waals surface area contributed by atoms with E-state index in [4.69, 9.17) is 21.1 Å². The highest BCUT2D eigenvalue weighted by Crippen LogP contribution is 2.29. The number of nitrogens with zero attached hydrogens (tertiary/aromatic N) is 2. The molecule has 0 unspecified atom stereocenters. The molecule has 0 bridgehead atoms. The third-order valence-electron chi connectivity index (χ3n) is 4.10. The third-order valence-corrected chi connectivity index (χ3v) is 4.34. The Morgan fingerprint density at radius 1 is 1.25 bits per heavy atom. The van der Waals surface area contributed by atoms with Crippen molar-refractivity contribution >= 4 is 24.0 Å². The standard InChI is InChI=1S/C20H18ClN3O4/c1-22-20(26)27-12-19-23-10-17(24(19)2)13-4-7-16(8-5-13)28-18-9-15(21)6-3-14(18)11-25/h3-11H,12H2,1-2H3,(H,22,26). The fraction of sp³-hybridized carbons (Fsp3) is 0.150. The molecule has 3 rings (SSSR count). The van der Waals surface area contributed by atoms with Crippen molar-refractivity contribution in [3.8, 4) is 22.8 Å². The highest BCUT2D eigenvalue weighted by atomic mass is 35.5. The lowest BCUT2D eigenvalue weighted by Crippen LogP contribution is -2.19. The molecule has 1 heterocycles. The Morgan fingerprint density at radius 3 is 2.68 bits per heavy atom. The van der Waals surface area contributed by atoms with Gasteiger partial charge in [0.15, 0.2) is 12.9 Å². The van der Waals surface area contributed by atoms with Gasteiger partial charge in [-0.1, -0.05) is 11.6 Å². The lowest BCUT2D eigenvalue weighted by atomic mass is 10.1. The molecule has 2 aromatic carbocycles. The molecule has 0 radical (unpaired) electrons. The van der Waals surface area contributed by atoms with Crippen LogP contribution in [0.1, 0.15) is 16.2 Å². The smallest absolute Gasteiger partial charge is 0.407 e. The minimum atomic E-state index is -0.512. The molecule has 1 N–H and O–H groups in total. The number of nitrogens with one attached hydrogen (secondary N) is 1. The van der Waals surface area contributed by atoms with Crippen LogP contribution in [0, 0.1) is 0 Å². The summed E-state index contributed by atoms with van der Waals surface area (Å²) in [6.45, 7) is 0.0700. The Kier molecular flexibility index (Phi) is 5.96. The van der Waals surface area contributed by atoms with Crippen LogP contribution >= 0.6 is 11.6 Å². The Morgan fingerprint density at radius 2 is 2.00 bits per heavy atom. The topological polar surface area (TPSA) is 82.5 Å². The van der Waals surface area contributed by atoms with E-state index in [0.29, 0.717) is 27.9 Å². The van der Waals surface area contributed by atoms with Crippen molar-refractivity contribution < 1.29 is 19.1 Å². The molecule has 1 amide bonds. The van der Waals surface area contributed by atoms with Crippen LogP contribution in [0.4, 0.5) is 4.79 Å². The maximum absolute atomic E-state index is 11.2. The molecule has 3 aromatic rings. The zero-order valence-corrected chi connectivity index (χ0v) is 16.1. The average molecular weight is 400 g/mol. The van der Waals surface area contributed by atoms with E-state index >= 15 is 0 Å². The van der Waals surface area contributed by atoms with Gasteiger partial charge in [-0.25, -0.2) is 9.78 Å². The van der Waals surface area contributed by atoms with Crippen molar-refractivity contribution in [3.05, 3.63) is 65.1 Å². The number of carbonyl (C=O) groups excluding carboxylic acids is 2. The van der Waals surface area contributed by atoms with Crippen LogP contribution in [0.25, 0.3) is 11.3 Å². The molecular formula is C20H18ClN3O4. The number of ether oxygens (including phenoxy) is 2. The van der Waals surface area contributed by atoms with Crippen LogP contribution < -0.4 is 10.1 Å². The normalized spacial score (nSPS) is 10.4. The molecule has 28 heavy (non-hydrogen) atoms. The molecule has 0 fully saturated rings. The largest absolute Gasteiger partial charge is 0.457 e. The zero-order valence-electron chi connectivity index (χ0n) is 15.3. The van der Waals surface area contributed by atoms with Crippen molar-refractivity contribution in [1.29, 1.82) is 0 Å². The molecule has 7 nitrogen and oxygen atoms in total. The van der Waals surface area contributed by atoms with Gasteiger partial charge in [-0.2, -0.15) is 0 Å². The maximum Gasteiger partial charge on any atom is 0.407 e. The zero-order chi connectivity index (χ0) is 20.1. The van der Waals surface area contributed by atoms with Gasteiger partial charge >= 0.3 is 6.09 Å². The molecule has 0 atom stereocenters. The van der Waals surface area contributed by atoms with Crippen LogP contribution in [0.3, 0.4) is 0 Å². The first-order valence-corrected chi connectivity index (χ1v) is 8.77. The number of alkyl carbamates (subject to hydrolysis) is 1. The Balaban J connectivity index is 1.76. The summed E-state index contributed by atoms with van der Waals surface area (Å²) in [6, 6.07) is 12.2. The van der Waals surface area contributed by atoms with E-state index in [0.717, 1.165) is 17.5 Å². The monoisotopic (exact) mass is 399 g/mol. The second-order valence-corrected chi connectivity index (χ2v) is 6.31. The van der Waals surface area contributed by atoms with E-state index in [-0.39, 0.29) is 6.61 Å². The highest BCUT2D eigenvalue weighted by Gasteiger charge is 2.11. The fourth-order valence-electron chi connectivity index (χ4n) is 2.57. The van der Waals surface area contributed by atoms with Crippen LogP contribution in [0.2, 0.25) is 5.02 Å². The number of rotatable bonds is 6. The van der Waals surface area contributed by atoms with E-state index in [1.807, 2.05) is 23.7 Å². The molecule has 144 valence electrons. The number of aromatic nitrogens is 2. The fourth-order valence-corrected chi connectivity index (χ4v) is 2.73. The Hall–Kier alpha value is -3.32. The average Bonchev–Trinajstić information content (AvgIpc) is 3.07. The summed E-state index contributed by atoms with van der Waals surface area (Å²) in [5.41, 5.74) is 2.19. The number of imidazole rings is 1. The SMILES string of the molecule is CNC(=O)OCc1ncc(-c2ccc(Oc3cc(Cl)ccc3C=O)cc2)n1C. The van der Waals surface area contributed by atoms with E-state index < -0.39 is 6.09 Å². The minimum absolute atomic E-state index is 0.0700. The molecule has 0 saturated carbocycles. The minimum Gasteiger partial charge on any atom is -0.457 e. The lowest BCUT2D eigenvalue weighted by molar-refractivity contribution is 0.112. The molecule has 0 aliphatic rings. The summed E-state index contributed by atoms with van der Waals surface area (Å²) in [5, 5.41) is 2.87. The van der Waals surface area contributed by atoms with Gasteiger partial charge < -0.3 is 19.4 Å². The molecule has 0 spiro atoms. The number of aldehydes is 1. The number of benzene rings is 2. The third kappa shape index (κ3) is 4.32. The van der Waals surface area contributed by atoms with Crippen molar-refractivity contribution in [3.63, 3.8) is 0 Å². The van der Waals surface area contributed by atoms with E-state index in [1.54, 1.807) is 36.5 Å². The van der Waals surface area contributed by atoms with Gasteiger partial charge in [0.1, 0.15) is 17.3 Å². The molecule has 0 aliphatic heterocycles. The second-order valence-electron chi connectivity index (χ2n) is 5.87. The van der Waals surface area contributed by atoms with Crippen LogP contribution in [0.15, 0.2) is 48.7 Å². The van der Waals surface area contributed by atoms with Crippen LogP contribution in [-0.2, 0) is 18.4 Å². The van der Waals surface area contributed by atoms with Crippen molar-refractivity contribution in [2.75, 3.05) is 7.05 Å². The van der Waals surface area contributed by atoms with Gasteiger partial charge in [-0.15, -0.1) is 0 Å². The Bertz CT molecular complexity index is 999. The number of carbonyl (C=O) groups is 2. The summed E-state index contributed by atoms with van der Waals surface area (Å²) in [4.78, 5) is 26.7. The molecule has 0 aliphatic carbocycles. The molecular weight excluding hydrogens is 382 g/mol. The van der Waals surface area contributed by atoms with Gasteiger partial charge in [0.25, 0.3) is 0 Å². The van der Waals surface area contributed by atoms with Crippen LogP contribution in [0.5, 0.6) is 11.5 Å². The van der Waals surface area contributed by atoms with Gasteiger partial charge in [0, 0.05) is 30.7 Å². The quantitative estimate of drug-likeness (QED) is 0.628. The first-order valence-electron chi connectivity index (χ1n) is 8.40. The van der Waals surface area contributed by atoms with Crippen LogP contribution in [-0.4, -0.2) is 29.0 Å². The lowest BCUT2D eigenvalue weighted by Gasteiger charge is -2.10. The highest BCUT2D eigenvalue weighted by molar-refractivity contribution is 6.30. The van der Waals surface area contributed by atoms with Gasteiger partial charge in [-0.3, -0.25) is 4.79 Å². The predicted octanol–water partition coefficient (Wildman–Crippen LogP) is 4.20. The van der Waals surface area contributed by atoms with Gasteiger partial charge in [-0.05, 0) is 36.4 Å². The maximum atomic E-state index is 11.2. The van der Waals surface area contributed by atoms with Crippen molar-refractivity contribution in [1.82, 2.24) is 14.9 Å². The number of halogens is 1. The summed E-state index contributed by atoms with van der Waals surface area (Å²) >= 11 is 5.98. The molecule has 0 saturated heterocycles. The molecule has 1 aromatic heterocycles. The van der Waals surface area contributed by atoms with E-state index in [2.05, 4.69) is 10.3 Å². The number of amides is 1. The predicted molar refractivity (Wildman–Crippen MR) is 105 cm³/mol. The van der Waals surface area contributed by atoms with Crippen molar-refractivity contribution in [2.24, 2.45) is 7.05 Å². The van der Waals surface area contributed by atoms with Gasteiger partial charge in [0.05, 0.1) is 17.5 Å². The summed E-state index contributed by atoms with van der Waals surface area (Å²) in [7, 11) is 3.34. The van der Waals surface area contributed by atoms with E-state index in [1.165, 1.54) is 7.05 Å². The van der Waals surface area contributed by atoms with E-state index in [9.17, 15) is 9.59 Å². The Labute approximate surface area is 166 Å². The number of hydrogen-bond acceptors (Lipinski definition) is 5. The summed E-state index contributed by atoms with van der Waals surface area (Å²) in [6.07, 6.45) is 1.92. The molecule has 8 heteroatoms. The van der Waals surface area contributed by atoms with Gasteiger partial charge in [0.2, 0.25) is 0 Å².